The first-order chi connectivity index (χ1) is 11.2. The maximum absolute atomic E-state index is 12.8. The molecule has 1 aliphatic heterocycles. The number of likely N-dealkylation sites (tertiary alicyclic amines) is 1. The van der Waals surface area contributed by atoms with Crippen molar-refractivity contribution in [3.63, 3.8) is 0 Å². The summed E-state index contributed by atoms with van der Waals surface area (Å²) in [7, 11) is 1.63. The van der Waals surface area contributed by atoms with Gasteiger partial charge >= 0.3 is 0 Å². The van der Waals surface area contributed by atoms with Gasteiger partial charge in [-0.25, -0.2) is 0 Å². The molecule has 1 aliphatic rings. The summed E-state index contributed by atoms with van der Waals surface area (Å²) in [6.07, 6.45) is 1.58. The predicted molar refractivity (Wildman–Crippen MR) is 91.1 cm³/mol. The molecular formula is C18H21NO3S. The Morgan fingerprint density at radius 2 is 2.00 bits per heavy atom. The van der Waals surface area contributed by atoms with Gasteiger partial charge in [-0.15, -0.1) is 11.3 Å². The number of rotatable bonds is 5. The summed E-state index contributed by atoms with van der Waals surface area (Å²) >= 11 is 1.71. The predicted octanol–water partition coefficient (Wildman–Crippen LogP) is 3.89. The molecule has 2 aromatic rings. The molecule has 2 heterocycles. The zero-order valence-corrected chi connectivity index (χ0v) is 14.2. The third kappa shape index (κ3) is 3.50. The SMILES string of the molecule is COc1ccc(OC(C)C(=O)N2CCCC2c2cccs2)cc1. The highest BCUT2D eigenvalue weighted by molar-refractivity contribution is 7.10. The van der Waals surface area contributed by atoms with Crippen LogP contribution in [0.15, 0.2) is 41.8 Å². The van der Waals surface area contributed by atoms with E-state index < -0.39 is 6.10 Å². The van der Waals surface area contributed by atoms with Gasteiger partial charge in [-0.3, -0.25) is 4.79 Å². The van der Waals surface area contributed by atoms with Crippen LogP contribution in [0.5, 0.6) is 11.5 Å². The summed E-state index contributed by atoms with van der Waals surface area (Å²) in [6, 6.07) is 11.7. The van der Waals surface area contributed by atoms with Crippen LogP contribution in [0.2, 0.25) is 0 Å². The molecule has 122 valence electrons. The molecule has 0 aliphatic carbocycles. The van der Waals surface area contributed by atoms with E-state index in [4.69, 9.17) is 9.47 Å². The molecule has 0 bridgehead atoms. The van der Waals surface area contributed by atoms with Gasteiger partial charge in [0.15, 0.2) is 6.10 Å². The maximum Gasteiger partial charge on any atom is 0.263 e. The van der Waals surface area contributed by atoms with Crippen molar-refractivity contribution in [1.82, 2.24) is 4.90 Å². The van der Waals surface area contributed by atoms with E-state index >= 15 is 0 Å². The van der Waals surface area contributed by atoms with Gasteiger partial charge in [0.05, 0.1) is 13.2 Å². The van der Waals surface area contributed by atoms with Crippen molar-refractivity contribution in [2.45, 2.75) is 31.9 Å². The van der Waals surface area contributed by atoms with E-state index in [1.165, 1.54) is 4.88 Å². The van der Waals surface area contributed by atoms with Crippen LogP contribution in [0.25, 0.3) is 0 Å². The molecule has 0 radical (unpaired) electrons. The molecule has 1 amide bonds. The molecule has 2 unspecified atom stereocenters. The third-order valence-corrected chi connectivity index (χ3v) is 5.10. The first kappa shape index (κ1) is 15.9. The van der Waals surface area contributed by atoms with Gasteiger partial charge in [0.2, 0.25) is 0 Å². The minimum Gasteiger partial charge on any atom is -0.497 e. The van der Waals surface area contributed by atoms with Gasteiger partial charge in [0.1, 0.15) is 11.5 Å². The number of nitrogens with zero attached hydrogens (tertiary/aromatic N) is 1. The van der Waals surface area contributed by atoms with Crippen molar-refractivity contribution in [2.24, 2.45) is 0 Å². The quantitative estimate of drug-likeness (QED) is 0.834. The topological polar surface area (TPSA) is 38.8 Å². The van der Waals surface area contributed by atoms with Crippen molar-refractivity contribution in [2.75, 3.05) is 13.7 Å². The van der Waals surface area contributed by atoms with E-state index in [1.807, 2.05) is 42.2 Å². The first-order valence-electron chi connectivity index (χ1n) is 7.83. The Morgan fingerprint density at radius 3 is 2.65 bits per heavy atom. The number of thiophene rings is 1. The lowest BCUT2D eigenvalue weighted by Gasteiger charge is -2.27. The van der Waals surface area contributed by atoms with Crippen LogP contribution >= 0.6 is 11.3 Å². The minimum atomic E-state index is -0.496. The molecule has 1 aromatic heterocycles. The maximum atomic E-state index is 12.8. The molecule has 1 saturated heterocycles. The van der Waals surface area contributed by atoms with Crippen molar-refractivity contribution < 1.29 is 14.3 Å². The fraction of sp³-hybridized carbons (Fsp3) is 0.389. The molecule has 5 heteroatoms. The number of hydrogen-bond acceptors (Lipinski definition) is 4. The average Bonchev–Trinajstić information content (AvgIpc) is 3.25. The lowest BCUT2D eigenvalue weighted by molar-refractivity contribution is -0.138. The van der Waals surface area contributed by atoms with Crippen molar-refractivity contribution in [3.05, 3.63) is 46.7 Å². The normalized spacial score (nSPS) is 18.7. The highest BCUT2D eigenvalue weighted by Gasteiger charge is 2.33. The van der Waals surface area contributed by atoms with E-state index in [9.17, 15) is 4.79 Å². The molecule has 0 saturated carbocycles. The highest BCUT2D eigenvalue weighted by Crippen LogP contribution is 2.35. The summed E-state index contributed by atoms with van der Waals surface area (Å²) < 4.78 is 10.9. The Morgan fingerprint density at radius 1 is 1.26 bits per heavy atom. The number of amides is 1. The number of hydrogen-bond donors (Lipinski definition) is 0. The van der Waals surface area contributed by atoms with Gasteiger partial charge < -0.3 is 14.4 Å². The van der Waals surface area contributed by atoms with Crippen LogP contribution in [0.4, 0.5) is 0 Å². The zero-order valence-electron chi connectivity index (χ0n) is 13.4. The van der Waals surface area contributed by atoms with E-state index in [0.29, 0.717) is 5.75 Å². The average molecular weight is 331 g/mol. The Balaban J connectivity index is 1.66. The molecule has 3 rings (SSSR count). The first-order valence-corrected chi connectivity index (χ1v) is 8.71. The minimum absolute atomic E-state index is 0.0525. The lowest BCUT2D eigenvalue weighted by atomic mass is 10.2. The van der Waals surface area contributed by atoms with Crippen LogP contribution in [0, 0.1) is 0 Å². The van der Waals surface area contributed by atoms with Crippen LogP contribution < -0.4 is 9.47 Å². The fourth-order valence-corrected chi connectivity index (χ4v) is 3.82. The molecule has 23 heavy (non-hydrogen) atoms. The van der Waals surface area contributed by atoms with E-state index in [2.05, 4.69) is 11.4 Å². The summed E-state index contributed by atoms with van der Waals surface area (Å²) in [5, 5.41) is 2.06. The molecule has 0 N–H and O–H groups in total. The van der Waals surface area contributed by atoms with E-state index in [0.717, 1.165) is 25.1 Å². The lowest BCUT2D eigenvalue weighted by Crippen LogP contribution is -2.39. The van der Waals surface area contributed by atoms with Gasteiger partial charge in [0, 0.05) is 11.4 Å². The number of benzene rings is 1. The molecule has 1 aromatic carbocycles. The standard InChI is InChI=1S/C18H21NO3S/c1-13(22-15-9-7-14(21-2)8-10-15)18(20)19-11-3-5-16(19)17-6-4-12-23-17/h4,6-10,12-13,16H,3,5,11H2,1-2H3. The van der Waals surface area contributed by atoms with Crippen molar-refractivity contribution in [1.29, 1.82) is 0 Å². The van der Waals surface area contributed by atoms with Gasteiger partial charge in [-0.1, -0.05) is 6.07 Å². The van der Waals surface area contributed by atoms with Gasteiger partial charge in [-0.2, -0.15) is 0 Å². The Labute approximate surface area is 140 Å². The van der Waals surface area contributed by atoms with Crippen molar-refractivity contribution in [3.8, 4) is 11.5 Å². The van der Waals surface area contributed by atoms with Crippen LogP contribution in [-0.2, 0) is 4.79 Å². The van der Waals surface area contributed by atoms with Gasteiger partial charge in [-0.05, 0) is 55.5 Å². The Kier molecular flexibility index (Phi) is 4.86. The second-order valence-electron chi connectivity index (χ2n) is 5.64. The number of methoxy groups -OCH3 is 1. The second-order valence-corrected chi connectivity index (χ2v) is 6.62. The third-order valence-electron chi connectivity index (χ3n) is 4.13. The van der Waals surface area contributed by atoms with Crippen molar-refractivity contribution >= 4 is 17.2 Å². The van der Waals surface area contributed by atoms with E-state index in [-0.39, 0.29) is 11.9 Å². The molecule has 4 nitrogen and oxygen atoms in total. The van der Waals surface area contributed by atoms with Crippen LogP contribution in [-0.4, -0.2) is 30.6 Å². The smallest absolute Gasteiger partial charge is 0.263 e. The summed E-state index contributed by atoms with van der Waals surface area (Å²) in [4.78, 5) is 16.0. The highest BCUT2D eigenvalue weighted by atomic mass is 32.1. The monoisotopic (exact) mass is 331 g/mol. The Bertz CT molecular complexity index is 639. The number of ether oxygens (including phenoxy) is 2. The number of carbonyl (C=O) groups is 1. The molecular weight excluding hydrogens is 310 g/mol. The molecule has 0 spiro atoms. The summed E-state index contributed by atoms with van der Waals surface area (Å²) in [5.74, 6) is 1.50. The molecule has 2 atom stereocenters. The van der Waals surface area contributed by atoms with E-state index in [1.54, 1.807) is 18.4 Å². The summed E-state index contributed by atoms with van der Waals surface area (Å²) in [6.45, 7) is 2.62. The molecule has 1 fully saturated rings. The zero-order chi connectivity index (χ0) is 16.2. The fourth-order valence-electron chi connectivity index (χ4n) is 2.95. The second kappa shape index (κ2) is 7.04. The largest absolute Gasteiger partial charge is 0.497 e. The van der Waals surface area contributed by atoms with Gasteiger partial charge in [0.25, 0.3) is 5.91 Å². The summed E-state index contributed by atoms with van der Waals surface area (Å²) in [5.41, 5.74) is 0. The van der Waals surface area contributed by atoms with Crippen LogP contribution in [0.1, 0.15) is 30.7 Å². The Hall–Kier alpha value is -2.01. The number of carbonyl (C=O) groups excluding carboxylic acids is 1. The van der Waals surface area contributed by atoms with Crippen LogP contribution in [0.3, 0.4) is 0 Å².